The molecule has 2 amide bonds. The molecular weight excluding hydrogens is 387 g/mol. The zero-order valence-electron chi connectivity index (χ0n) is 17.5. The van der Waals surface area contributed by atoms with E-state index in [0.29, 0.717) is 24.2 Å². The van der Waals surface area contributed by atoms with E-state index >= 15 is 0 Å². The highest BCUT2D eigenvalue weighted by Crippen LogP contribution is 2.49. The molecule has 3 N–H and O–H groups in total. The van der Waals surface area contributed by atoms with Gasteiger partial charge in [-0.2, -0.15) is 4.79 Å². The van der Waals surface area contributed by atoms with Crippen molar-refractivity contribution in [3.05, 3.63) is 65.5 Å². The molecule has 1 fully saturated rings. The zero-order chi connectivity index (χ0) is 22.1. The van der Waals surface area contributed by atoms with Gasteiger partial charge in [0, 0.05) is 24.0 Å². The Bertz CT molecular complexity index is 939. The molecule has 0 saturated carbocycles. The molecule has 6 nitrogen and oxygen atoms in total. The summed E-state index contributed by atoms with van der Waals surface area (Å²) in [5.74, 6) is -0.374. The highest BCUT2D eigenvalue weighted by molar-refractivity contribution is 5.81. The summed E-state index contributed by atoms with van der Waals surface area (Å²) in [6.45, 7) is 5.56. The molecule has 1 aliphatic rings. The molecule has 2 aromatic carbocycles. The largest absolute Gasteiger partial charge is 0.515 e. The Hall–Kier alpha value is -2.93. The molecule has 160 valence electrons. The van der Waals surface area contributed by atoms with Crippen molar-refractivity contribution in [2.75, 3.05) is 0 Å². The van der Waals surface area contributed by atoms with E-state index in [2.05, 4.69) is 0 Å². The summed E-state index contributed by atoms with van der Waals surface area (Å²) in [6, 6.07) is 12.3. The van der Waals surface area contributed by atoms with Crippen molar-refractivity contribution in [1.29, 1.82) is 0 Å². The summed E-state index contributed by atoms with van der Waals surface area (Å²) in [5.41, 5.74) is 6.12. The van der Waals surface area contributed by atoms with E-state index in [0.717, 1.165) is 5.56 Å². The van der Waals surface area contributed by atoms with E-state index in [4.69, 9.17) is 10.5 Å². The number of carbonyl (C=O) groups excluding carboxylic acids is 1. The molecule has 1 saturated heterocycles. The van der Waals surface area contributed by atoms with Gasteiger partial charge in [-0.3, -0.25) is 4.79 Å². The van der Waals surface area contributed by atoms with Crippen LogP contribution in [0.25, 0.3) is 0 Å². The summed E-state index contributed by atoms with van der Waals surface area (Å²) in [6.07, 6.45) is -0.115. The topological polar surface area (TPSA) is 89.6 Å². The summed E-state index contributed by atoms with van der Waals surface area (Å²) in [5, 5.41) is 10.2. The van der Waals surface area contributed by atoms with E-state index in [1.807, 2.05) is 32.9 Å². The molecule has 1 unspecified atom stereocenters. The van der Waals surface area contributed by atoms with Crippen LogP contribution in [0.5, 0.6) is 5.75 Å². The van der Waals surface area contributed by atoms with E-state index in [1.165, 1.54) is 6.07 Å². The minimum atomic E-state index is -1.06. The van der Waals surface area contributed by atoms with Gasteiger partial charge in [0.1, 0.15) is 29.8 Å². The molecule has 3 rings (SSSR count). The number of carbonyl (C=O) groups is 2. The third-order valence-electron chi connectivity index (χ3n) is 6.07. The molecule has 0 spiro atoms. The number of ether oxygens (including phenoxy) is 1. The number of quaternary nitrogens is 1. The molecule has 7 heteroatoms. The SMILES string of the molecule is CC(C)(C)[N+]1(C(=O)O)[C@@H](c2ccc(OCc3ccccc3F)cc2)CC[C@H]1C(N)=O. The van der Waals surface area contributed by atoms with E-state index in [-0.39, 0.29) is 12.4 Å². The molecule has 0 bridgehead atoms. The Morgan fingerprint density at radius 1 is 1.13 bits per heavy atom. The average molecular weight is 415 g/mol. The molecule has 1 heterocycles. The quantitative estimate of drug-likeness (QED) is 0.709. The van der Waals surface area contributed by atoms with Crippen LogP contribution in [-0.2, 0) is 11.4 Å². The predicted octanol–water partition coefficient (Wildman–Crippen LogP) is 4.39. The first-order chi connectivity index (χ1) is 14.1. The number of nitrogens with two attached hydrogens (primary N) is 1. The molecule has 30 heavy (non-hydrogen) atoms. The zero-order valence-corrected chi connectivity index (χ0v) is 17.5. The number of halogens is 1. The lowest BCUT2D eigenvalue weighted by molar-refractivity contribution is -0.933. The molecule has 2 aromatic rings. The molecule has 0 aliphatic carbocycles. The van der Waals surface area contributed by atoms with Crippen LogP contribution in [0, 0.1) is 5.82 Å². The lowest BCUT2D eigenvalue weighted by atomic mass is 9.94. The van der Waals surface area contributed by atoms with Crippen LogP contribution in [0.1, 0.15) is 50.8 Å². The van der Waals surface area contributed by atoms with Gasteiger partial charge in [-0.1, -0.05) is 18.2 Å². The fourth-order valence-corrected chi connectivity index (χ4v) is 4.74. The van der Waals surface area contributed by atoms with Crippen LogP contribution < -0.4 is 10.5 Å². The third-order valence-corrected chi connectivity index (χ3v) is 6.07. The van der Waals surface area contributed by atoms with Gasteiger partial charge in [-0.05, 0) is 51.1 Å². The number of likely N-dealkylation sites (tertiary alicyclic amines) is 1. The molecular formula is C23H28FN2O4+. The highest BCUT2D eigenvalue weighted by Gasteiger charge is 2.64. The third kappa shape index (κ3) is 3.65. The lowest BCUT2D eigenvalue weighted by Gasteiger charge is -2.47. The van der Waals surface area contributed by atoms with Crippen molar-refractivity contribution in [3.63, 3.8) is 0 Å². The Kier molecular flexibility index (Phi) is 5.85. The first-order valence-corrected chi connectivity index (χ1v) is 9.96. The minimum absolute atomic E-state index is 0.0936. The first kappa shape index (κ1) is 21.8. The second-order valence-corrected chi connectivity index (χ2v) is 8.69. The van der Waals surface area contributed by atoms with Gasteiger partial charge in [-0.25, -0.2) is 8.87 Å². The number of nitrogens with zero attached hydrogens (tertiary/aromatic N) is 1. The number of hydrogen-bond acceptors (Lipinski definition) is 3. The van der Waals surface area contributed by atoms with Gasteiger partial charge in [0.15, 0.2) is 6.04 Å². The Morgan fingerprint density at radius 3 is 2.30 bits per heavy atom. The Labute approximate surface area is 175 Å². The second kappa shape index (κ2) is 8.07. The van der Waals surface area contributed by atoms with Crippen LogP contribution in [0.3, 0.4) is 0 Å². The van der Waals surface area contributed by atoms with Gasteiger partial charge >= 0.3 is 6.09 Å². The maximum atomic E-state index is 13.8. The van der Waals surface area contributed by atoms with Crippen molar-refractivity contribution >= 4 is 12.0 Å². The molecule has 1 aliphatic heterocycles. The summed E-state index contributed by atoms with van der Waals surface area (Å²) in [7, 11) is 0. The van der Waals surface area contributed by atoms with Crippen molar-refractivity contribution < 1.29 is 28.3 Å². The van der Waals surface area contributed by atoms with Crippen LogP contribution in [0.2, 0.25) is 0 Å². The first-order valence-electron chi connectivity index (χ1n) is 9.96. The average Bonchev–Trinajstić information content (AvgIpc) is 3.10. The molecule has 3 atom stereocenters. The smallest absolute Gasteiger partial charge is 0.489 e. The van der Waals surface area contributed by atoms with Crippen molar-refractivity contribution in [2.24, 2.45) is 5.73 Å². The Morgan fingerprint density at radius 2 is 1.77 bits per heavy atom. The number of rotatable bonds is 5. The van der Waals surface area contributed by atoms with Gasteiger partial charge in [-0.15, -0.1) is 0 Å². The van der Waals surface area contributed by atoms with Crippen LogP contribution >= 0.6 is 0 Å². The normalized spacial score (nSPS) is 23.9. The molecule has 0 aromatic heterocycles. The van der Waals surface area contributed by atoms with E-state index in [9.17, 15) is 19.1 Å². The van der Waals surface area contributed by atoms with E-state index in [1.54, 1.807) is 30.3 Å². The summed E-state index contributed by atoms with van der Waals surface area (Å²) in [4.78, 5) is 24.7. The van der Waals surface area contributed by atoms with Crippen LogP contribution in [-0.4, -0.2) is 33.2 Å². The maximum Gasteiger partial charge on any atom is 0.515 e. The van der Waals surface area contributed by atoms with Gasteiger partial charge in [0.2, 0.25) is 0 Å². The Balaban J connectivity index is 1.88. The summed E-state index contributed by atoms with van der Waals surface area (Å²) >= 11 is 0. The number of carboxylic acid groups (broad SMARTS) is 1. The van der Waals surface area contributed by atoms with Gasteiger partial charge < -0.3 is 15.6 Å². The molecule has 0 radical (unpaired) electrons. The fraction of sp³-hybridized carbons (Fsp3) is 0.391. The summed E-state index contributed by atoms with van der Waals surface area (Å²) < 4.78 is 19.0. The minimum Gasteiger partial charge on any atom is -0.489 e. The fourth-order valence-electron chi connectivity index (χ4n) is 4.74. The van der Waals surface area contributed by atoms with E-state index < -0.39 is 34.1 Å². The number of amides is 2. The van der Waals surface area contributed by atoms with Crippen molar-refractivity contribution in [2.45, 2.75) is 57.8 Å². The monoisotopic (exact) mass is 415 g/mol. The van der Waals surface area contributed by atoms with Crippen LogP contribution in [0.4, 0.5) is 9.18 Å². The number of hydrogen-bond donors (Lipinski definition) is 2. The van der Waals surface area contributed by atoms with Crippen LogP contribution in [0.15, 0.2) is 48.5 Å². The maximum absolute atomic E-state index is 13.8. The number of benzene rings is 2. The number of primary amides is 1. The standard InChI is InChI=1S/C23H27FN2O4/c1-23(2,3)26(22(28)29)19(12-13-20(26)21(25)27)15-8-10-17(11-9-15)30-14-16-6-4-5-7-18(16)24/h4-11,19-20H,12-14H2,1-3H3,(H2-,25,27,28,29)/p+1/t19-,20+,26?/m1/s1. The van der Waals surface area contributed by atoms with Crippen molar-refractivity contribution in [1.82, 2.24) is 0 Å². The van der Waals surface area contributed by atoms with Gasteiger partial charge in [0.25, 0.3) is 5.91 Å². The lowest BCUT2D eigenvalue weighted by Crippen LogP contribution is -2.69. The highest BCUT2D eigenvalue weighted by atomic mass is 19.1. The van der Waals surface area contributed by atoms with Gasteiger partial charge in [0.05, 0.1) is 0 Å². The predicted molar refractivity (Wildman–Crippen MR) is 110 cm³/mol. The second-order valence-electron chi connectivity index (χ2n) is 8.69. The van der Waals surface area contributed by atoms with Crippen molar-refractivity contribution in [3.8, 4) is 5.75 Å².